The van der Waals surface area contributed by atoms with Crippen LogP contribution in [0.3, 0.4) is 0 Å². The first kappa shape index (κ1) is 21.7. The molecular weight excluding hydrogens is 444 g/mol. The molecule has 0 radical (unpaired) electrons. The predicted molar refractivity (Wildman–Crippen MR) is 96.0 cm³/mol. The fourth-order valence-electron chi connectivity index (χ4n) is 3.29. The van der Waals surface area contributed by atoms with E-state index in [1.54, 1.807) is 30.3 Å². The summed E-state index contributed by atoms with van der Waals surface area (Å²) >= 11 is 0. The van der Waals surface area contributed by atoms with Gasteiger partial charge in [-0.25, -0.2) is 0 Å². The van der Waals surface area contributed by atoms with Gasteiger partial charge in [0, 0.05) is 11.1 Å². The number of aromatic nitrogens is 2. The molecule has 0 N–H and O–H groups in total. The van der Waals surface area contributed by atoms with Crippen LogP contribution in [0.25, 0.3) is 11.4 Å². The third kappa shape index (κ3) is 4.25. The molecule has 2 aromatic carbocycles. The van der Waals surface area contributed by atoms with Crippen molar-refractivity contribution in [1.82, 2.24) is 15.0 Å². The largest absolute Gasteiger partial charge is 0.491 e. The van der Waals surface area contributed by atoms with Crippen LogP contribution in [-0.4, -0.2) is 33.7 Å². The Hall–Kier alpha value is -3.57. The fraction of sp³-hybridized carbons (Fsp3) is 0.250. The minimum Gasteiger partial charge on any atom is -0.491 e. The number of amides is 1. The Labute approximate surface area is 176 Å². The molecular formula is C20H13F6N3O3. The average molecular weight is 457 g/mol. The molecule has 1 aliphatic rings. The summed E-state index contributed by atoms with van der Waals surface area (Å²) < 4.78 is 87.8. The van der Waals surface area contributed by atoms with Gasteiger partial charge >= 0.3 is 24.2 Å². The Morgan fingerprint density at radius 2 is 1.75 bits per heavy atom. The van der Waals surface area contributed by atoms with Crippen molar-refractivity contribution in [3.63, 3.8) is 0 Å². The topological polar surface area (TPSA) is 68.5 Å². The van der Waals surface area contributed by atoms with Crippen LogP contribution in [0.2, 0.25) is 0 Å². The second kappa shape index (κ2) is 7.84. The minimum atomic E-state index is -5.10. The fourth-order valence-corrected chi connectivity index (χ4v) is 3.29. The summed E-state index contributed by atoms with van der Waals surface area (Å²) in [7, 11) is 0. The van der Waals surface area contributed by atoms with Gasteiger partial charge in [-0.2, -0.15) is 31.3 Å². The first-order chi connectivity index (χ1) is 15.0. The number of halogens is 6. The second-order valence-electron chi connectivity index (χ2n) is 6.91. The number of fused-ring (bicyclic) bond motifs is 1. The molecule has 0 saturated heterocycles. The molecule has 1 aromatic heterocycles. The van der Waals surface area contributed by atoms with Crippen molar-refractivity contribution in [3.8, 4) is 17.1 Å². The molecule has 32 heavy (non-hydrogen) atoms. The molecule has 168 valence electrons. The SMILES string of the molecule is O=C(N1Cc2ccc(-c3noc(C(F)(F)F)n3)cc2OC[C@@H]1c1ccccc1)C(F)(F)F. The number of hydrogen-bond acceptors (Lipinski definition) is 5. The maximum Gasteiger partial charge on any atom is 0.471 e. The molecule has 1 atom stereocenters. The Morgan fingerprint density at radius 1 is 1.03 bits per heavy atom. The van der Waals surface area contributed by atoms with Gasteiger partial charge in [-0.3, -0.25) is 4.79 Å². The van der Waals surface area contributed by atoms with Crippen molar-refractivity contribution < 1.29 is 40.4 Å². The molecule has 0 bridgehead atoms. The van der Waals surface area contributed by atoms with Gasteiger partial charge in [0.2, 0.25) is 5.82 Å². The number of benzene rings is 2. The molecule has 3 aromatic rings. The van der Waals surface area contributed by atoms with E-state index in [4.69, 9.17) is 4.74 Å². The quantitative estimate of drug-likeness (QED) is 0.519. The third-order valence-electron chi connectivity index (χ3n) is 4.80. The molecule has 12 heteroatoms. The van der Waals surface area contributed by atoms with Crippen molar-refractivity contribution in [1.29, 1.82) is 0 Å². The minimum absolute atomic E-state index is 0.0965. The highest BCUT2D eigenvalue weighted by molar-refractivity contribution is 5.82. The Balaban J connectivity index is 1.70. The highest BCUT2D eigenvalue weighted by Crippen LogP contribution is 2.37. The van der Waals surface area contributed by atoms with Gasteiger partial charge in [0.15, 0.2) is 0 Å². The Bertz CT molecular complexity index is 1130. The Morgan fingerprint density at radius 3 is 2.38 bits per heavy atom. The number of rotatable bonds is 2. The van der Waals surface area contributed by atoms with E-state index in [1.165, 1.54) is 18.2 Å². The summed E-state index contributed by atoms with van der Waals surface area (Å²) in [6.07, 6.45) is -9.93. The van der Waals surface area contributed by atoms with E-state index >= 15 is 0 Å². The van der Waals surface area contributed by atoms with Crippen molar-refractivity contribution in [2.45, 2.75) is 24.9 Å². The monoisotopic (exact) mass is 457 g/mol. The summed E-state index contributed by atoms with van der Waals surface area (Å²) in [6.45, 7) is -0.726. The van der Waals surface area contributed by atoms with E-state index < -0.39 is 36.7 Å². The van der Waals surface area contributed by atoms with E-state index in [0.717, 1.165) is 0 Å². The number of ether oxygens (including phenoxy) is 1. The summed E-state index contributed by atoms with van der Waals surface area (Å²) in [4.78, 5) is 16.1. The number of carbonyl (C=O) groups excluding carboxylic acids is 1. The summed E-state index contributed by atoms with van der Waals surface area (Å²) in [5.74, 6) is -3.83. The van der Waals surface area contributed by atoms with Gasteiger partial charge in [-0.1, -0.05) is 47.6 Å². The molecule has 6 nitrogen and oxygen atoms in total. The lowest BCUT2D eigenvalue weighted by molar-refractivity contribution is -0.189. The van der Waals surface area contributed by atoms with Crippen molar-refractivity contribution in [3.05, 3.63) is 65.5 Å². The van der Waals surface area contributed by atoms with Crippen LogP contribution in [0.1, 0.15) is 23.1 Å². The van der Waals surface area contributed by atoms with E-state index in [9.17, 15) is 31.1 Å². The number of alkyl halides is 6. The lowest BCUT2D eigenvalue weighted by Gasteiger charge is -2.30. The van der Waals surface area contributed by atoms with E-state index in [2.05, 4.69) is 14.7 Å². The molecule has 0 unspecified atom stereocenters. The zero-order valence-corrected chi connectivity index (χ0v) is 15.9. The number of carbonyl (C=O) groups is 1. The molecule has 1 amide bonds. The van der Waals surface area contributed by atoms with Crippen molar-refractivity contribution in [2.24, 2.45) is 0 Å². The standard InChI is InChI=1S/C20H13F6N3O3/c21-19(22,23)17-27-16(28-32-17)12-6-7-13-9-29(18(30)20(24,25)26)14(10-31-15(13)8-12)11-4-2-1-3-5-11/h1-8,14H,9-10H2/t14-/m1/s1. The zero-order valence-electron chi connectivity index (χ0n) is 15.9. The molecule has 0 fully saturated rings. The van der Waals surface area contributed by atoms with E-state index in [-0.39, 0.29) is 29.3 Å². The molecule has 0 aliphatic carbocycles. The van der Waals surface area contributed by atoms with Crippen LogP contribution in [0.5, 0.6) is 5.75 Å². The van der Waals surface area contributed by atoms with Crippen LogP contribution >= 0.6 is 0 Å². The van der Waals surface area contributed by atoms with Gasteiger partial charge in [-0.05, 0) is 11.6 Å². The van der Waals surface area contributed by atoms with E-state index in [0.29, 0.717) is 10.5 Å². The van der Waals surface area contributed by atoms with E-state index in [1.807, 2.05) is 0 Å². The normalized spacial score (nSPS) is 16.8. The maximum absolute atomic E-state index is 13.3. The van der Waals surface area contributed by atoms with Gasteiger partial charge in [0.05, 0.1) is 12.6 Å². The highest BCUT2D eigenvalue weighted by atomic mass is 19.4. The third-order valence-corrected chi connectivity index (χ3v) is 4.80. The highest BCUT2D eigenvalue weighted by Gasteiger charge is 2.46. The van der Waals surface area contributed by atoms with Gasteiger partial charge in [-0.15, -0.1) is 0 Å². The van der Waals surface area contributed by atoms with Crippen LogP contribution < -0.4 is 4.74 Å². The van der Waals surface area contributed by atoms with Crippen LogP contribution in [-0.2, 0) is 17.5 Å². The lowest BCUT2D eigenvalue weighted by Crippen LogP contribution is -2.43. The predicted octanol–water partition coefficient (Wildman–Crippen LogP) is 4.78. The second-order valence-corrected chi connectivity index (χ2v) is 6.91. The van der Waals surface area contributed by atoms with Crippen molar-refractivity contribution >= 4 is 5.91 Å². The van der Waals surface area contributed by atoms with Crippen LogP contribution in [0.15, 0.2) is 53.1 Å². The first-order valence-electron chi connectivity index (χ1n) is 9.14. The van der Waals surface area contributed by atoms with Crippen LogP contribution in [0.4, 0.5) is 26.3 Å². The Kier molecular flexibility index (Phi) is 5.31. The zero-order chi connectivity index (χ0) is 23.1. The number of hydrogen-bond donors (Lipinski definition) is 0. The van der Waals surface area contributed by atoms with Gasteiger partial charge in [0.25, 0.3) is 0 Å². The molecule has 0 spiro atoms. The van der Waals surface area contributed by atoms with Crippen LogP contribution in [0, 0.1) is 0 Å². The smallest absolute Gasteiger partial charge is 0.471 e. The van der Waals surface area contributed by atoms with Crippen molar-refractivity contribution in [2.75, 3.05) is 6.61 Å². The maximum atomic E-state index is 13.3. The summed E-state index contributed by atoms with van der Waals surface area (Å²) in [6, 6.07) is 11.0. The molecule has 0 saturated carbocycles. The number of nitrogens with zero attached hydrogens (tertiary/aromatic N) is 3. The molecule has 4 rings (SSSR count). The molecule has 1 aliphatic heterocycles. The first-order valence-corrected chi connectivity index (χ1v) is 9.14. The summed E-state index contributed by atoms with van der Waals surface area (Å²) in [5, 5.41) is 3.29. The molecule has 2 heterocycles. The average Bonchev–Trinajstić information content (AvgIpc) is 3.16. The summed E-state index contributed by atoms with van der Waals surface area (Å²) in [5.41, 5.74) is 0.783. The lowest BCUT2D eigenvalue weighted by atomic mass is 10.0. The van der Waals surface area contributed by atoms with Gasteiger partial charge in [0.1, 0.15) is 12.4 Å². The van der Waals surface area contributed by atoms with Gasteiger partial charge < -0.3 is 14.2 Å².